The number of nitrogens with zero attached hydrogens (tertiary/aromatic N) is 2. The number of esters is 1. The van der Waals surface area contributed by atoms with Crippen molar-refractivity contribution in [2.45, 2.75) is 64.6 Å². The number of aliphatic hydroxyl groups is 1. The minimum absolute atomic E-state index is 0.193. The van der Waals surface area contributed by atoms with Gasteiger partial charge in [0, 0.05) is 23.7 Å². The van der Waals surface area contributed by atoms with Crippen molar-refractivity contribution in [2.24, 2.45) is 5.41 Å². The van der Waals surface area contributed by atoms with E-state index in [9.17, 15) is 9.90 Å². The first kappa shape index (κ1) is 19.8. The number of rotatable bonds is 5. The van der Waals surface area contributed by atoms with Crippen LogP contribution >= 0.6 is 11.3 Å². The lowest BCUT2D eigenvalue weighted by Crippen LogP contribution is -2.43. The Hall–Kier alpha value is -1.99. The van der Waals surface area contributed by atoms with Crippen LogP contribution in [0.1, 0.15) is 52.1 Å². The Morgan fingerprint density at radius 1 is 1.37 bits per heavy atom. The average Bonchev–Trinajstić information content (AvgIpc) is 3.09. The maximum Gasteiger partial charge on any atom is 0.312 e. The zero-order chi connectivity index (χ0) is 19.5. The Bertz CT molecular complexity index is 763. The number of nitrogens with one attached hydrogen (secondary N) is 1. The highest BCUT2D eigenvalue weighted by Gasteiger charge is 2.44. The van der Waals surface area contributed by atoms with Gasteiger partial charge in [-0.25, -0.2) is 9.97 Å². The van der Waals surface area contributed by atoms with Crippen LogP contribution < -0.4 is 5.32 Å². The fraction of sp³-hybridized carbons (Fsp3) is 0.550. The predicted octanol–water partition coefficient (Wildman–Crippen LogP) is 4.09. The van der Waals surface area contributed by atoms with Gasteiger partial charge in [0.25, 0.3) is 0 Å². The van der Waals surface area contributed by atoms with Gasteiger partial charge in [0.2, 0.25) is 0 Å². The van der Waals surface area contributed by atoms with Crippen LogP contribution in [0.5, 0.6) is 0 Å². The molecule has 146 valence electrons. The molecule has 0 saturated heterocycles. The van der Waals surface area contributed by atoms with Crippen LogP contribution in [-0.2, 0) is 16.0 Å². The smallest absolute Gasteiger partial charge is 0.312 e. The lowest BCUT2D eigenvalue weighted by atomic mass is 9.70. The van der Waals surface area contributed by atoms with Crippen molar-refractivity contribution in [3.05, 3.63) is 35.5 Å². The summed E-state index contributed by atoms with van der Waals surface area (Å²) in [6, 6.07) is 5.75. The van der Waals surface area contributed by atoms with E-state index in [1.807, 2.05) is 44.4 Å². The molecular formula is C20H27N3O3S. The van der Waals surface area contributed by atoms with E-state index < -0.39 is 11.0 Å². The molecule has 0 bridgehead atoms. The quantitative estimate of drug-likeness (QED) is 0.750. The first-order valence-corrected chi connectivity index (χ1v) is 10.2. The fourth-order valence-electron chi connectivity index (χ4n) is 3.38. The van der Waals surface area contributed by atoms with Gasteiger partial charge in [-0.2, -0.15) is 0 Å². The molecular weight excluding hydrogens is 362 g/mol. The molecule has 0 unspecified atom stereocenters. The van der Waals surface area contributed by atoms with E-state index in [0.717, 1.165) is 10.8 Å². The van der Waals surface area contributed by atoms with Gasteiger partial charge in [-0.1, -0.05) is 6.07 Å². The fourth-order valence-corrected chi connectivity index (χ4v) is 3.92. The Balaban J connectivity index is 1.80. The van der Waals surface area contributed by atoms with E-state index in [1.54, 1.807) is 6.20 Å². The summed E-state index contributed by atoms with van der Waals surface area (Å²) in [5.41, 5.74) is -0.347. The van der Waals surface area contributed by atoms with Gasteiger partial charge in [-0.15, -0.1) is 11.3 Å². The maximum absolute atomic E-state index is 13.0. The SMILES string of the molecule is CC(C)(C)OC(=O)C1(Cc2cccc(Nc3nccs3)n2)CCC(O)CC1. The lowest BCUT2D eigenvalue weighted by Gasteiger charge is -2.38. The summed E-state index contributed by atoms with van der Waals surface area (Å²) in [7, 11) is 0. The van der Waals surface area contributed by atoms with E-state index in [-0.39, 0.29) is 12.1 Å². The van der Waals surface area contributed by atoms with Crippen LogP contribution in [0, 0.1) is 5.41 Å². The van der Waals surface area contributed by atoms with Gasteiger partial charge in [-0.3, -0.25) is 4.79 Å². The highest BCUT2D eigenvalue weighted by Crippen LogP contribution is 2.41. The number of hydrogen-bond acceptors (Lipinski definition) is 7. The summed E-state index contributed by atoms with van der Waals surface area (Å²) in [4.78, 5) is 21.9. The van der Waals surface area contributed by atoms with E-state index in [2.05, 4.69) is 15.3 Å². The number of aliphatic hydroxyl groups excluding tert-OH is 1. The molecule has 2 aromatic rings. The molecule has 0 aliphatic heterocycles. The zero-order valence-corrected chi connectivity index (χ0v) is 16.9. The molecule has 0 aromatic carbocycles. The van der Waals surface area contributed by atoms with Crippen LogP contribution in [0.4, 0.5) is 10.9 Å². The summed E-state index contributed by atoms with van der Waals surface area (Å²) in [5, 5.41) is 15.8. The molecule has 1 fully saturated rings. The summed E-state index contributed by atoms with van der Waals surface area (Å²) in [6.07, 6.45) is 4.33. The van der Waals surface area contributed by atoms with Crippen LogP contribution in [-0.4, -0.2) is 32.7 Å². The third kappa shape index (κ3) is 5.26. The molecule has 0 atom stereocenters. The van der Waals surface area contributed by atoms with E-state index >= 15 is 0 Å². The van der Waals surface area contributed by atoms with E-state index in [0.29, 0.717) is 37.9 Å². The van der Waals surface area contributed by atoms with Crippen LogP contribution in [0.25, 0.3) is 0 Å². The number of pyridine rings is 1. The molecule has 0 spiro atoms. The van der Waals surface area contributed by atoms with Gasteiger partial charge in [0.05, 0.1) is 11.5 Å². The number of ether oxygens (including phenoxy) is 1. The number of hydrogen-bond donors (Lipinski definition) is 2. The Kier molecular flexibility index (Phi) is 5.81. The first-order valence-electron chi connectivity index (χ1n) is 9.30. The third-order valence-corrected chi connectivity index (χ3v) is 5.43. The number of carbonyl (C=O) groups is 1. The standard InChI is InChI=1S/C20H27N3O3S/c1-19(2,3)26-17(25)20(9-7-15(24)8-10-20)13-14-5-4-6-16(22-14)23-18-21-11-12-27-18/h4-6,11-12,15,24H,7-10,13H2,1-3H3,(H,21,22,23). The Labute approximate surface area is 164 Å². The zero-order valence-electron chi connectivity index (χ0n) is 16.1. The second-order valence-electron chi connectivity index (χ2n) is 8.17. The molecule has 1 aliphatic carbocycles. The monoisotopic (exact) mass is 389 g/mol. The predicted molar refractivity (Wildman–Crippen MR) is 106 cm³/mol. The first-order chi connectivity index (χ1) is 12.8. The lowest BCUT2D eigenvalue weighted by molar-refractivity contribution is -0.171. The number of carbonyl (C=O) groups excluding carboxylic acids is 1. The maximum atomic E-state index is 13.0. The second-order valence-corrected chi connectivity index (χ2v) is 9.06. The van der Waals surface area contributed by atoms with Crippen LogP contribution in [0.15, 0.2) is 29.8 Å². The molecule has 6 nitrogen and oxygen atoms in total. The topological polar surface area (TPSA) is 84.3 Å². The summed E-state index contributed by atoms with van der Waals surface area (Å²) in [5.74, 6) is 0.514. The Morgan fingerprint density at radius 2 is 2.11 bits per heavy atom. The van der Waals surface area contributed by atoms with Crippen molar-refractivity contribution in [3.8, 4) is 0 Å². The number of aromatic nitrogens is 2. The van der Waals surface area contributed by atoms with Gasteiger partial charge >= 0.3 is 5.97 Å². The van der Waals surface area contributed by atoms with Crippen LogP contribution in [0.2, 0.25) is 0 Å². The molecule has 0 radical (unpaired) electrons. The van der Waals surface area contributed by atoms with Crippen molar-refractivity contribution in [2.75, 3.05) is 5.32 Å². The number of thiazole rings is 1. The molecule has 2 N–H and O–H groups in total. The molecule has 0 amide bonds. The molecule has 1 aliphatic rings. The second kappa shape index (κ2) is 7.94. The average molecular weight is 390 g/mol. The van der Waals surface area contributed by atoms with Gasteiger partial charge in [-0.05, 0) is 58.6 Å². The largest absolute Gasteiger partial charge is 0.460 e. The highest BCUT2D eigenvalue weighted by molar-refractivity contribution is 7.13. The molecule has 2 aromatic heterocycles. The van der Waals surface area contributed by atoms with Gasteiger partial charge < -0.3 is 15.2 Å². The molecule has 2 heterocycles. The van der Waals surface area contributed by atoms with Gasteiger partial charge in [0.1, 0.15) is 11.4 Å². The van der Waals surface area contributed by atoms with Crippen molar-refractivity contribution >= 4 is 28.3 Å². The van der Waals surface area contributed by atoms with Crippen molar-refractivity contribution in [1.29, 1.82) is 0 Å². The van der Waals surface area contributed by atoms with Crippen molar-refractivity contribution < 1.29 is 14.6 Å². The molecule has 3 rings (SSSR count). The highest BCUT2D eigenvalue weighted by atomic mass is 32.1. The summed E-state index contributed by atoms with van der Waals surface area (Å²) in [6.45, 7) is 5.65. The minimum atomic E-state index is -0.640. The van der Waals surface area contributed by atoms with Crippen molar-refractivity contribution in [1.82, 2.24) is 9.97 Å². The molecule has 7 heteroatoms. The van der Waals surface area contributed by atoms with E-state index in [1.165, 1.54) is 11.3 Å². The van der Waals surface area contributed by atoms with E-state index in [4.69, 9.17) is 4.74 Å². The summed E-state index contributed by atoms with van der Waals surface area (Å²) < 4.78 is 5.73. The number of anilines is 2. The van der Waals surface area contributed by atoms with Gasteiger partial charge in [0.15, 0.2) is 5.13 Å². The normalized spacial score (nSPS) is 23.0. The van der Waals surface area contributed by atoms with Crippen LogP contribution in [0.3, 0.4) is 0 Å². The van der Waals surface area contributed by atoms with Crippen molar-refractivity contribution in [3.63, 3.8) is 0 Å². The molecule has 1 saturated carbocycles. The molecule has 27 heavy (non-hydrogen) atoms. The Morgan fingerprint density at radius 3 is 2.74 bits per heavy atom. The minimum Gasteiger partial charge on any atom is -0.460 e. The third-order valence-electron chi connectivity index (χ3n) is 4.74. The summed E-state index contributed by atoms with van der Waals surface area (Å²) >= 11 is 1.51.